The van der Waals surface area contributed by atoms with Gasteiger partial charge in [-0.3, -0.25) is 0 Å². The topological polar surface area (TPSA) is 27.7 Å². The second-order valence-electron chi connectivity index (χ2n) is 3.38. The van der Waals surface area contributed by atoms with Crippen LogP contribution >= 0.6 is 0 Å². The Morgan fingerprint density at radius 3 is 2.17 bits per heavy atom. The molecular formula is C9H8F6O3. The Bertz CT molecular complexity index is 315. The molecule has 1 aliphatic heterocycles. The zero-order chi connectivity index (χ0) is 14.0. The highest BCUT2D eigenvalue weighted by molar-refractivity contribution is 4.92. The van der Waals surface area contributed by atoms with E-state index in [1.807, 2.05) is 5.92 Å². The minimum absolute atomic E-state index is 0.245. The van der Waals surface area contributed by atoms with Crippen molar-refractivity contribution in [1.82, 2.24) is 0 Å². The van der Waals surface area contributed by atoms with Gasteiger partial charge in [-0.1, -0.05) is 5.92 Å². The summed E-state index contributed by atoms with van der Waals surface area (Å²) in [6, 6.07) is 0. The zero-order valence-corrected chi connectivity index (χ0v) is 8.77. The van der Waals surface area contributed by atoms with E-state index >= 15 is 0 Å². The van der Waals surface area contributed by atoms with Crippen LogP contribution in [0.3, 0.4) is 0 Å². The van der Waals surface area contributed by atoms with Crippen molar-refractivity contribution in [1.29, 1.82) is 0 Å². The van der Waals surface area contributed by atoms with Gasteiger partial charge in [0, 0.05) is 0 Å². The molecule has 0 bridgehead atoms. The number of alkyl halides is 6. The lowest BCUT2D eigenvalue weighted by Gasteiger charge is -2.31. The summed E-state index contributed by atoms with van der Waals surface area (Å²) in [5.41, 5.74) is 0. The van der Waals surface area contributed by atoms with Crippen LogP contribution in [0.5, 0.6) is 0 Å². The maximum atomic E-state index is 12.4. The first-order chi connectivity index (χ1) is 8.14. The van der Waals surface area contributed by atoms with E-state index in [1.165, 1.54) is 0 Å². The van der Waals surface area contributed by atoms with Gasteiger partial charge >= 0.3 is 18.1 Å². The van der Waals surface area contributed by atoms with E-state index in [1.54, 1.807) is 0 Å². The van der Waals surface area contributed by atoms with Crippen molar-refractivity contribution in [3.05, 3.63) is 0 Å². The summed E-state index contributed by atoms with van der Waals surface area (Å²) in [5, 5.41) is 0. The molecule has 0 radical (unpaired) electrons. The maximum absolute atomic E-state index is 12.4. The minimum atomic E-state index is -5.73. The molecule has 0 aromatic rings. The van der Waals surface area contributed by atoms with Crippen LogP contribution in [-0.2, 0) is 14.2 Å². The van der Waals surface area contributed by atoms with Crippen LogP contribution in [0.15, 0.2) is 0 Å². The fourth-order valence-corrected chi connectivity index (χ4v) is 1.30. The van der Waals surface area contributed by atoms with Gasteiger partial charge in [0.2, 0.25) is 0 Å². The van der Waals surface area contributed by atoms with Crippen molar-refractivity contribution < 1.29 is 40.6 Å². The average Bonchev–Trinajstić information content (AvgIpc) is 2.62. The Hall–Kier alpha value is -0.980. The Morgan fingerprint density at radius 2 is 1.78 bits per heavy atom. The van der Waals surface area contributed by atoms with Crippen LogP contribution in [0.2, 0.25) is 0 Å². The van der Waals surface area contributed by atoms with Crippen molar-refractivity contribution in [2.75, 3.05) is 19.8 Å². The SMILES string of the molecule is C#CCOCC1COC(C(F)(F)F)(C(F)(F)F)O1. The normalized spacial score (nSPS) is 23.9. The number of rotatable bonds is 3. The third kappa shape index (κ3) is 2.71. The van der Waals surface area contributed by atoms with Gasteiger partial charge in [0.25, 0.3) is 0 Å². The Morgan fingerprint density at radius 1 is 1.22 bits per heavy atom. The lowest BCUT2D eigenvalue weighted by molar-refractivity contribution is -0.443. The van der Waals surface area contributed by atoms with Crippen LogP contribution in [0.25, 0.3) is 0 Å². The lowest BCUT2D eigenvalue weighted by Crippen LogP contribution is -2.58. The van der Waals surface area contributed by atoms with Crippen molar-refractivity contribution in [3.8, 4) is 12.3 Å². The van der Waals surface area contributed by atoms with Crippen LogP contribution in [0.4, 0.5) is 26.3 Å². The summed E-state index contributed by atoms with van der Waals surface area (Å²) in [6.07, 6.45) is -8.15. The van der Waals surface area contributed by atoms with Gasteiger partial charge in [-0.2, -0.15) is 26.3 Å². The summed E-state index contributed by atoms with van der Waals surface area (Å²) in [5.74, 6) is -2.58. The van der Waals surface area contributed by atoms with Crippen LogP contribution in [0, 0.1) is 12.3 Å². The van der Waals surface area contributed by atoms with Crippen molar-refractivity contribution >= 4 is 0 Å². The zero-order valence-electron chi connectivity index (χ0n) is 8.77. The summed E-state index contributed by atoms with van der Waals surface area (Å²) < 4.78 is 87.0. The second-order valence-corrected chi connectivity index (χ2v) is 3.38. The lowest BCUT2D eigenvalue weighted by atomic mass is 10.2. The molecule has 1 heterocycles. The Labute approximate surface area is 98.0 Å². The third-order valence-electron chi connectivity index (χ3n) is 2.04. The largest absolute Gasteiger partial charge is 0.453 e. The number of halogens is 6. The van der Waals surface area contributed by atoms with Crippen molar-refractivity contribution in [2.45, 2.75) is 24.2 Å². The van der Waals surface area contributed by atoms with E-state index in [9.17, 15) is 26.3 Å². The first-order valence-corrected chi connectivity index (χ1v) is 4.60. The number of terminal acetylenes is 1. The van der Waals surface area contributed by atoms with E-state index in [2.05, 4.69) is 14.2 Å². The average molecular weight is 278 g/mol. The fraction of sp³-hybridized carbons (Fsp3) is 0.778. The predicted molar refractivity (Wildman–Crippen MR) is 45.3 cm³/mol. The summed E-state index contributed by atoms with van der Waals surface area (Å²) in [7, 11) is 0. The van der Waals surface area contributed by atoms with Crippen LogP contribution in [-0.4, -0.2) is 44.1 Å². The molecule has 3 nitrogen and oxygen atoms in total. The molecule has 0 spiro atoms. The molecule has 0 N–H and O–H groups in total. The summed E-state index contributed by atoms with van der Waals surface area (Å²) in [6.45, 7) is -1.65. The smallest absolute Gasteiger partial charge is 0.366 e. The molecule has 1 rings (SSSR count). The van der Waals surface area contributed by atoms with Gasteiger partial charge in [0.1, 0.15) is 12.7 Å². The molecule has 0 aromatic heterocycles. The highest BCUT2D eigenvalue weighted by Crippen LogP contribution is 2.49. The highest BCUT2D eigenvalue weighted by atomic mass is 19.4. The van der Waals surface area contributed by atoms with Gasteiger partial charge in [-0.25, -0.2) is 0 Å². The van der Waals surface area contributed by atoms with Gasteiger partial charge in [0.15, 0.2) is 0 Å². The summed E-state index contributed by atoms with van der Waals surface area (Å²) in [4.78, 5) is 0. The van der Waals surface area contributed by atoms with E-state index in [4.69, 9.17) is 6.42 Å². The van der Waals surface area contributed by atoms with Gasteiger partial charge in [-0.05, 0) is 0 Å². The quantitative estimate of drug-likeness (QED) is 0.448. The first kappa shape index (κ1) is 15.1. The first-order valence-electron chi connectivity index (χ1n) is 4.60. The molecule has 0 amide bonds. The molecule has 1 saturated heterocycles. The highest BCUT2D eigenvalue weighted by Gasteiger charge is 2.77. The fourth-order valence-electron chi connectivity index (χ4n) is 1.30. The molecule has 104 valence electrons. The van der Waals surface area contributed by atoms with Gasteiger partial charge in [-0.15, -0.1) is 6.42 Å². The molecule has 0 aliphatic carbocycles. The Kier molecular flexibility index (Phi) is 4.15. The number of hydrogen-bond donors (Lipinski definition) is 0. The van der Waals surface area contributed by atoms with E-state index in [-0.39, 0.29) is 6.61 Å². The van der Waals surface area contributed by atoms with Crippen molar-refractivity contribution in [3.63, 3.8) is 0 Å². The third-order valence-corrected chi connectivity index (χ3v) is 2.04. The van der Waals surface area contributed by atoms with Crippen LogP contribution in [0.1, 0.15) is 0 Å². The molecule has 1 aliphatic rings. The van der Waals surface area contributed by atoms with E-state index in [0.717, 1.165) is 0 Å². The van der Waals surface area contributed by atoms with E-state index in [0.29, 0.717) is 0 Å². The number of hydrogen-bond acceptors (Lipinski definition) is 3. The molecule has 18 heavy (non-hydrogen) atoms. The van der Waals surface area contributed by atoms with Crippen LogP contribution < -0.4 is 0 Å². The molecule has 0 aromatic carbocycles. The molecule has 9 heteroatoms. The standard InChI is InChI=1S/C9H8F6O3/c1-2-3-16-4-6-5-17-7(18-6,8(10,11)12)9(13,14)15/h1,6H,3-5H2. The van der Waals surface area contributed by atoms with Gasteiger partial charge < -0.3 is 14.2 Å². The minimum Gasteiger partial charge on any atom is -0.366 e. The molecular weight excluding hydrogens is 270 g/mol. The maximum Gasteiger partial charge on any atom is 0.453 e. The number of ether oxygens (including phenoxy) is 3. The molecule has 1 atom stereocenters. The predicted octanol–water partition coefficient (Wildman–Crippen LogP) is 1.87. The second kappa shape index (κ2) is 4.95. The molecule has 0 saturated carbocycles. The summed E-state index contributed by atoms with van der Waals surface area (Å²) >= 11 is 0. The monoisotopic (exact) mass is 278 g/mol. The molecule has 1 fully saturated rings. The molecule has 1 unspecified atom stereocenters. The Balaban J connectivity index is 2.77. The van der Waals surface area contributed by atoms with E-state index < -0.39 is 37.5 Å². The van der Waals surface area contributed by atoms with Crippen molar-refractivity contribution in [2.24, 2.45) is 0 Å². The van der Waals surface area contributed by atoms with Gasteiger partial charge in [0.05, 0.1) is 13.2 Å².